The van der Waals surface area contributed by atoms with Crippen molar-refractivity contribution in [1.82, 2.24) is 14.5 Å². The maximum absolute atomic E-state index is 5.93. The largest absolute Gasteiger partial charge is 0.369 e. The SMILES string of the molecule is Nc1nc2ccc(Br)cc2n1-c1ccccn1. The van der Waals surface area contributed by atoms with Gasteiger partial charge in [0.25, 0.3) is 0 Å². The number of nitrogen functional groups attached to an aromatic ring is 1. The zero-order valence-corrected chi connectivity index (χ0v) is 10.4. The lowest BCUT2D eigenvalue weighted by atomic mass is 10.3. The van der Waals surface area contributed by atoms with Crippen LogP contribution in [0.15, 0.2) is 47.1 Å². The molecule has 0 saturated heterocycles. The van der Waals surface area contributed by atoms with Crippen LogP contribution >= 0.6 is 15.9 Å². The molecule has 0 aliphatic carbocycles. The summed E-state index contributed by atoms with van der Waals surface area (Å²) >= 11 is 3.45. The molecule has 0 amide bonds. The van der Waals surface area contributed by atoms with Crippen molar-refractivity contribution in [2.24, 2.45) is 0 Å². The van der Waals surface area contributed by atoms with Gasteiger partial charge in [-0.05, 0) is 30.3 Å². The summed E-state index contributed by atoms with van der Waals surface area (Å²) in [6, 6.07) is 11.5. The molecule has 1 aromatic carbocycles. The van der Waals surface area contributed by atoms with Crippen LogP contribution in [-0.2, 0) is 0 Å². The minimum Gasteiger partial charge on any atom is -0.369 e. The van der Waals surface area contributed by atoms with Gasteiger partial charge in [-0.1, -0.05) is 22.0 Å². The lowest BCUT2D eigenvalue weighted by molar-refractivity contribution is 1.04. The van der Waals surface area contributed by atoms with Gasteiger partial charge in [0, 0.05) is 10.7 Å². The molecule has 4 nitrogen and oxygen atoms in total. The number of pyridine rings is 1. The van der Waals surface area contributed by atoms with Crippen molar-refractivity contribution in [3.8, 4) is 5.82 Å². The molecule has 0 aliphatic heterocycles. The second-order valence-electron chi connectivity index (χ2n) is 3.63. The number of nitrogens with zero attached hydrogens (tertiary/aromatic N) is 3. The van der Waals surface area contributed by atoms with E-state index in [1.807, 2.05) is 41.0 Å². The van der Waals surface area contributed by atoms with Crippen LogP contribution in [0.3, 0.4) is 0 Å². The zero-order valence-electron chi connectivity index (χ0n) is 8.84. The lowest BCUT2D eigenvalue weighted by Crippen LogP contribution is -2.02. The Morgan fingerprint density at radius 2 is 2.06 bits per heavy atom. The van der Waals surface area contributed by atoms with Crippen molar-refractivity contribution in [2.45, 2.75) is 0 Å². The molecule has 0 radical (unpaired) electrons. The van der Waals surface area contributed by atoms with E-state index in [1.165, 1.54) is 0 Å². The topological polar surface area (TPSA) is 56.7 Å². The first kappa shape index (κ1) is 10.3. The van der Waals surface area contributed by atoms with Crippen LogP contribution in [0.1, 0.15) is 0 Å². The summed E-state index contributed by atoms with van der Waals surface area (Å²) in [7, 11) is 0. The molecule has 0 fully saturated rings. The van der Waals surface area contributed by atoms with Crippen LogP contribution in [0.4, 0.5) is 5.95 Å². The van der Waals surface area contributed by atoms with Gasteiger partial charge in [-0.25, -0.2) is 9.97 Å². The Balaban J connectivity index is 2.35. The summed E-state index contributed by atoms with van der Waals surface area (Å²) < 4.78 is 2.82. The highest BCUT2D eigenvalue weighted by Crippen LogP contribution is 2.24. The number of benzene rings is 1. The molecular formula is C12H9BrN4. The third-order valence-electron chi connectivity index (χ3n) is 2.52. The predicted octanol–water partition coefficient (Wildman–Crippen LogP) is 2.77. The number of nitrogens with two attached hydrogens (primary N) is 1. The number of hydrogen-bond donors (Lipinski definition) is 1. The van der Waals surface area contributed by atoms with Crippen LogP contribution in [-0.4, -0.2) is 14.5 Å². The standard InChI is InChI=1S/C12H9BrN4/c13-8-4-5-9-10(7-8)17(12(14)16-9)11-3-1-2-6-15-11/h1-7H,(H2,14,16). The molecule has 0 bridgehead atoms. The molecule has 0 atom stereocenters. The van der Waals surface area contributed by atoms with E-state index in [0.717, 1.165) is 21.3 Å². The number of imidazole rings is 1. The Labute approximate surface area is 106 Å². The summed E-state index contributed by atoms with van der Waals surface area (Å²) in [6.45, 7) is 0. The van der Waals surface area contributed by atoms with E-state index in [1.54, 1.807) is 6.20 Å². The average Bonchev–Trinajstić information content (AvgIpc) is 2.65. The van der Waals surface area contributed by atoms with Crippen molar-refractivity contribution in [3.63, 3.8) is 0 Å². The Kier molecular flexibility index (Phi) is 2.33. The van der Waals surface area contributed by atoms with Crippen molar-refractivity contribution in [1.29, 1.82) is 0 Å². The van der Waals surface area contributed by atoms with Gasteiger partial charge in [0.2, 0.25) is 5.95 Å². The second kappa shape index (κ2) is 3.85. The molecule has 84 valence electrons. The molecule has 17 heavy (non-hydrogen) atoms. The third kappa shape index (κ3) is 1.68. The minimum atomic E-state index is 0.441. The molecular weight excluding hydrogens is 280 g/mol. The van der Waals surface area contributed by atoms with E-state index in [2.05, 4.69) is 25.9 Å². The van der Waals surface area contributed by atoms with Gasteiger partial charge >= 0.3 is 0 Å². The predicted molar refractivity (Wildman–Crippen MR) is 71.0 cm³/mol. The van der Waals surface area contributed by atoms with Crippen LogP contribution in [0.5, 0.6) is 0 Å². The van der Waals surface area contributed by atoms with Crippen LogP contribution in [0.25, 0.3) is 16.9 Å². The van der Waals surface area contributed by atoms with Gasteiger partial charge in [0.1, 0.15) is 5.82 Å². The van der Waals surface area contributed by atoms with Crippen LogP contribution in [0.2, 0.25) is 0 Å². The Morgan fingerprint density at radius 1 is 1.18 bits per heavy atom. The molecule has 3 rings (SSSR count). The van der Waals surface area contributed by atoms with E-state index >= 15 is 0 Å². The maximum Gasteiger partial charge on any atom is 0.207 e. The smallest absolute Gasteiger partial charge is 0.207 e. The lowest BCUT2D eigenvalue weighted by Gasteiger charge is -2.04. The van der Waals surface area contributed by atoms with Gasteiger partial charge in [0.15, 0.2) is 0 Å². The zero-order chi connectivity index (χ0) is 11.8. The van der Waals surface area contributed by atoms with Crippen molar-refractivity contribution >= 4 is 32.9 Å². The second-order valence-corrected chi connectivity index (χ2v) is 4.54. The van der Waals surface area contributed by atoms with Gasteiger partial charge in [-0.3, -0.25) is 4.57 Å². The maximum atomic E-state index is 5.93. The van der Waals surface area contributed by atoms with E-state index in [0.29, 0.717) is 5.95 Å². The van der Waals surface area contributed by atoms with Crippen LogP contribution < -0.4 is 5.73 Å². The minimum absolute atomic E-state index is 0.441. The Hall–Kier alpha value is -1.88. The molecule has 3 aromatic rings. The van der Waals surface area contributed by atoms with E-state index in [9.17, 15) is 0 Å². The van der Waals surface area contributed by atoms with Crippen molar-refractivity contribution in [3.05, 3.63) is 47.1 Å². The molecule has 2 aromatic heterocycles. The van der Waals surface area contributed by atoms with E-state index in [4.69, 9.17) is 5.73 Å². The van der Waals surface area contributed by atoms with Crippen LogP contribution in [0, 0.1) is 0 Å². The fraction of sp³-hybridized carbons (Fsp3) is 0. The Bertz CT molecular complexity index is 676. The van der Waals surface area contributed by atoms with Crippen molar-refractivity contribution < 1.29 is 0 Å². The number of anilines is 1. The fourth-order valence-corrected chi connectivity index (χ4v) is 2.14. The molecule has 2 heterocycles. The Morgan fingerprint density at radius 3 is 2.82 bits per heavy atom. The highest BCUT2D eigenvalue weighted by molar-refractivity contribution is 9.10. The normalized spacial score (nSPS) is 10.9. The average molecular weight is 289 g/mol. The first-order valence-corrected chi connectivity index (χ1v) is 5.90. The molecule has 2 N–H and O–H groups in total. The number of rotatable bonds is 1. The summed E-state index contributed by atoms with van der Waals surface area (Å²) in [4.78, 5) is 8.60. The fourth-order valence-electron chi connectivity index (χ4n) is 1.79. The molecule has 5 heteroatoms. The highest BCUT2D eigenvalue weighted by Gasteiger charge is 2.10. The van der Waals surface area contributed by atoms with E-state index < -0.39 is 0 Å². The third-order valence-corrected chi connectivity index (χ3v) is 3.01. The molecule has 0 saturated carbocycles. The first-order chi connectivity index (χ1) is 8.25. The van der Waals surface area contributed by atoms with Gasteiger partial charge < -0.3 is 5.73 Å². The number of aromatic nitrogens is 3. The highest BCUT2D eigenvalue weighted by atomic mass is 79.9. The monoisotopic (exact) mass is 288 g/mol. The van der Waals surface area contributed by atoms with E-state index in [-0.39, 0.29) is 0 Å². The number of fused-ring (bicyclic) bond motifs is 1. The molecule has 0 unspecified atom stereocenters. The summed E-state index contributed by atoms with van der Waals surface area (Å²) in [5, 5.41) is 0. The van der Waals surface area contributed by atoms with Gasteiger partial charge in [0.05, 0.1) is 11.0 Å². The quantitative estimate of drug-likeness (QED) is 0.749. The summed E-state index contributed by atoms with van der Waals surface area (Å²) in [5.41, 5.74) is 7.73. The first-order valence-electron chi connectivity index (χ1n) is 5.10. The molecule has 0 spiro atoms. The van der Waals surface area contributed by atoms with Crippen molar-refractivity contribution in [2.75, 3.05) is 5.73 Å². The number of halogens is 1. The summed E-state index contributed by atoms with van der Waals surface area (Å²) in [6.07, 6.45) is 1.73. The van der Waals surface area contributed by atoms with Gasteiger partial charge in [-0.15, -0.1) is 0 Å². The van der Waals surface area contributed by atoms with Gasteiger partial charge in [-0.2, -0.15) is 0 Å². The molecule has 0 aliphatic rings. The number of hydrogen-bond acceptors (Lipinski definition) is 3. The summed E-state index contributed by atoms with van der Waals surface area (Å²) in [5.74, 6) is 1.21.